The van der Waals surface area contributed by atoms with Gasteiger partial charge in [0, 0.05) is 34.2 Å². The van der Waals surface area contributed by atoms with Crippen molar-refractivity contribution < 1.29 is 9.50 Å². The van der Waals surface area contributed by atoms with Gasteiger partial charge in [-0.05, 0) is 80.6 Å². The molecule has 1 aromatic heterocycles. The molecule has 1 fully saturated rings. The minimum Gasteiger partial charge on any atom is -0.393 e. The summed E-state index contributed by atoms with van der Waals surface area (Å²) in [5, 5.41) is 12.0. The van der Waals surface area contributed by atoms with E-state index < -0.39 is 0 Å². The van der Waals surface area contributed by atoms with Crippen LogP contribution in [-0.4, -0.2) is 34.2 Å². The SMILES string of the molecule is Cc1[nH]c2cc(F)ccc2c1CCCN1CCC(O)CC1c1ccc(Cl)cc1. The maximum absolute atomic E-state index is 13.5. The second kappa shape index (κ2) is 8.24. The molecule has 1 saturated heterocycles. The molecule has 5 heteroatoms. The summed E-state index contributed by atoms with van der Waals surface area (Å²) in [6.07, 6.45) is 3.29. The predicted molar refractivity (Wildman–Crippen MR) is 112 cm³/mol. The monoisotopic (exact) mass is 400 g/mol. The molecule has 3 aromatic rings. The number of fused-ring (bicyclic) bond motifs is 1. The molecule has 4 rings (SSSR count). The van der Waals surface area contributed by atoms with E-state index in [1.165, 1.54) is 17.2 Å². The van der Waals surface area contributed by atoms with Crippen LogP contribution in [0.2, 0.25) is 5.02 Å². The van der Waals surface area contributed by atoms with Crippen LogP contribution in [0.15, 0.2) is 42.5 Å². The van der Waals surface area contributed by atoms with Crippen LogP contribution < -0.4 is 0 Å². The lowest BCUT2D eigenvalue weighted by molar-refractivity contribution is 0.0403. The number of rotatable bonds is 5. The van der Waals surface area contributed by atoms with Crippen LogP contribution >= 0.6 is 11.6 Å². The summed E-state index contributed by atoms with van der Waals surface area (Å²) in [5.74, 6) is -0.210. The van der Waals surface area contributed by atoms with Crippen molar-refractivity contribution in [3.05, 3.63) is 70.1 Å². The van der Waals surface area contributed by atoms with Crippen molar-refractivity contribution in [2.24, 2.45) is 0 Å². The number of likely N-dealkylation sites (tertiary alicyclic amines) is 1. The smallest absolute Gasteiger partial charge is 0.125 e. The fourth-order valence-corrected chi connectivity index (χ4v) is 4.56. The van der Waals surface area contributed by atoms with Gasteiger partial charge in [0.25, 0.3) is 0 Å². The van der Waals surface area contributed by atoms with E-state index >= 15 is 0 Å². The van der Waals surface area contributed by atoms with Crippen molar-refractivity contribution in [2.45, 2.75) is 44.8 Å². The van der Waals surface area contributed by atoms with E-state index in [4.69, 9.17) is 11.6 Å². The third kappa shape index (κ3) is 4.09. The van der Waals surface area contributed by atoms with Crippen molar-refractivity contribution in [3.8, 4) is 0 Å². The third-order valence-electron chi connectivity index (χ3n) is 5.89. The van der Waals surface area contributed by atoms with E-state index in [0.717, 1.165) is 60.4 Å². The Balaban J connectivity index is 1.46. The Morgan fingerprint density at radius 2 is 2.00 bits per heavy atom. The summed E-state index contributed by atoms with van der Waals surface area (Å²) in [7, 11) is 0. The Labute approximate surface area is 170 Å². The lowest BCUT2D eigenvalue weighted by Gasteiger charge is -2.38. The predicted octanol–water partition coefficient (Wildman–Crippen LogP) is 5.40. The maximum Gasteiger partial charge on any atom is 0.125 e. The molecule has 0 saturated carbocycles. The zero-order valence-electron chi connectivity index (χ0n) is 16.1. The Morgan fingerprint density at radius 3 is 2.79 bits per heavy atom. The number of aryl methyl sites for hydroxylation is 2. The average Bonchev–Trinajstić information content (AvgIpc) is 2.98. The maximum atomic E-state index is 13.5. The topological polar surface area (TPSA) is 39.3 Å². The number of nitrogens with one attached hydrogen (secondary N) is 1. The van der Waals surface area contributed by atoms with E-state index in [1.54, 1.807) is 6.07 Å². The number of nitrogens with zero attached hydrogens (tertiary/aromatic N) is 1. The van der Waals surface area contributed by atoms with Gasteiger partial charge in [-0.15, -0.1) is 0 Å². The lowest BCUT2D eigenvalue weighted by atomic mass is 9.93. The minimum atomic E-state index is -0.248. The number of H-pyrrole nitrogens is 1. The zero-order chi connectivity index (χ0) is 19.7. The number of hydrogen-bond donors (Lipinski definition) is 2. The Morgan fingerprint density at radius 1 is 1.21 bits per heavy atom. The molecule has 2 N–H and O–H groups in total. The van der Waals surface area contributed by atoms with Crippen LogP contribution in [0.4, 0.5) is 4.39 Å². The molecule has 0 bridgehead atoms. The van der Waals surface area contributed by atoms with Gasteiger partial charge in [0.1, 0.15) is 5.82 Å². The molecular weight excluding hydrogens is 375 g/mol. The quantitative estimate of drug-likeness (QED) is 0.601. The van der Waals surface area contributed by atoms with Crippen molar-refractivity contribution in [1.29, 1.82) is 0 Å². The first-order valence-electron chi connectivity index (χ1n) is 9.95. The van der Waals surface area contributed by atoms with Crippen molar-refractivity contribution >= 4 is 22.5 Å². The molecule has 2 atom stereocenters. The molecule has 1 aliphatic rings. The average molecular weight is 401 g/mol. The highest BCUT2D eigenvalue weighted by Gasteiger charge is 2.28. The van der Waals surface area contributed by atoms with Crippen molar-refractivity contribution in [3.63, 3.8) is 0 Å². The molecule has 1 aliphatic heterocycles. The number of halogens is 2. The first kappa shape index (κ1) is 19.4. The van der Waals surface area contributed by atoms with Gasteiger partial charge in [0.2, 0.25) is 0 Å². The van der Waals surface area contributed by atoms with E-state index in [9.17, 15) is 9.50 Å². The van der Waals surface area contributed by atoms with Gasteiger partial charge in [-0.25, -0.2) is 4.39 Å². The Kier molecular flexibility index (Phi) is 5.72. The number of piperidine rings is 1. The van der Waals surface area contributed by atoms with Gasteiger partial charge in [-0.2, -0.15) is 0 Å². The van der Waals surface area contributed by atoms with E-state index in [0.29, 0.717) is 0 Å². The Hall–Kier alpha value is -1.88. The fraction of sp³-hybridized carbons (Fsp3) is 0.391. The second-order valence-corrected chi connectivity index (χ2v) is 8.24. The number of aliphatic hydroxyl groups is 1. The van der Waals surface area contributed by atoms with Crippen LogP contribution in [-0.2, 0) is 6.42 Å². The van der Waals surface area contributed by atoms with Gasteiger partial charge in [0.15, 0.2) is 0 Å². The Bertz CT molecular complexity index is 953. The molecule has 0 spiro atoms. The van der Waals surface area contributed by atoms with Gasteiger partial charge < -0.3 is 10.1 Å². The lowest BCUT2D eigenvalue weighted by Crippen LogP contribution is -2.39. The van der Waals surface area contributed by atoms with E-state index in [1.807, 2.05) is 18.2 Å². The fourth-order valence-electron chi connectivity index (χ4n) is 4.44. The van der Waals surface area contributed by atoms with Gasteiger partial charge in [0.05, 0.1) is 6.10 Å². The molecule has 148 valence electrons. The summed E-state index contributed by atoms with van der Waals surface area (Å²) in [4.78, 5) is 5.77. The molecule has 2 aromatic carbocycles. The molecule has 28 heavy (non-hydrogen) atoms. The molecule has 0 aliphatic carbocycles. The summed E-state index contributed by atoms with van der Waals surface area (Å²) in [6.45, 7) is 3.92. The molecule has 2 unspecified atom stereocenters. The highest BCUT2D eigenvalue weighted by molar-refractivity contribution is 6.30. The van der Waals surface area contributed by atoms with Crippen molar-refractivity contribution in [1.82, 2.24) is 9.88 Å². The standard InChI is InChI=1S/C23H26ClFN2O/c1-15-20(21-9-8-18(25)13-22(21)26-15)3-2-11-27-12-10-19(28)14-23(27)16-4-6-17(24)7-5-16/h4-9,13,19,23,26,28H,2-3,10-12,14H2,1H3. The summed E-state index contributed by atoms with van der Waals surface area (Å²) >= 11 is 6.04. The molecular formula is C23H26ClFN2O. The highest BCUT2D eigenvalue weighted by Crippen LogP contribution is 2.32. The number of aromatic nitrogens is 1. The van der Waals surface area contributed by atoms with Crippen LogP contribution in [0.3, 0.4) is 0 Å². The van der Waals surface area contributed by atoms with E-state index in [-0.39, 0.29) is 18.0 Å². The largest absolute Gasteiger partial charge is 0.393 e. The first-order valence-corrected chi connectivity index (χ1v) is 10.3. The van der Waals surface area contributed by atoms with Crippen LogP contribution in [0.5, 0.6) is 0 Å². The summed E-state index contributed by atoms with van der Waals surface area (Å²) in [5.41, 5.74) is 4.47. The summed E-state index contributed by atoms with van der Waals surface area (Å²) in [6, 6.07) is 13.2. The molecule has 3 nitrogen and oxygen atoms in total. The normalized spacial score (nSPS) is 20.7. The number of aromatic amines is 1. The number of aliphatic hydroxyl groups excluding tert-OH is 1. The minimum absolute atomic E-state index is 0.210. The molecule has 2 heterocycles. The molecule has 0 amide bonds. The van der Waals surface area contributed by atoms with Gasteiger partial charge in [-0.1, -0.05) is 23.7 Å². The van der Waals surface area contributed by atoms with Crippen LogP contribution in [0, 0.1) is 12.7 Å². The summed E-state index contributed by atoms with van der Waals surface area (Å²) < 4.78 is 13.5. The van der Waals surface area contributed by atoms with E-state index in [2.05, 4.69) is 28.9 Å². The number of hydrogen-bond acceptors (Lipinski definition) is 2. The first-order chi connectivity index (χ1) is 13.5. The van der Waals surface area contributed by atoms with Crippen LogP contribution in [0.25, 0.3) is 10.9 Å². The molecule has 0 radical (unpaired) electrons. The number of benzene rings is 2. The van der Waals surface area contributed by atoms with Crippen molar-refractivity contribution in [2.75, 3.05) is 13.1 Å². The third-order valence-corrected chi connectivity index (χ3v) is 6.15. The van der Waals surface area contributed by atoms with Gasteiger partial charge in [-0.3, -0.25) is 4.90 Å². The zero-order valence-corrected chi connectivity index (χ0v) is 16.8. The second-order valence-electron chi connectivity index (χ2n) is 7.80. The highest BCUT2D eigenvalue weighted by atomic mass is 35.5. The van der Waals surface area contributed by atoms with Gasteiger partial charge >= 0.3 is 0 Å². The van der Waals surface area contributed by atoms with Crippen LogP contribution in [0.1, 0.15) is 42.1 Å².